The number of hydrogen-bond donors (Lipinski definition) is 3. The highest BCUT2D eigenvalue weighted by Gasteiger charge is 2.11. The molecule has 0 fully saturated rings. The number of H-pyrrole nitrogens is 1. The molecule has 4 rings (SSSR count). The average molecular weight is 426 g/mol. The average Bonchev–Trinajstić information content (AvgIpc) is 3.35. The molecule has 30 heavy (non-hydrogen) atoms. The second-order valence-electron chi connectivity index (χ2n) is 6.30. The van der Waals surface area contributed by atoms with Crippen LogP contribution in [-0.4, -0.2) is 30.6 Å². The normalized spacial score (nSPS) is 10.3. The number of nitrogens with one attached hydrogen (secondary N) is 3. The van der Waals surface area contributed by atoms with Crippen LogP contribution in [0.4, 0.5) is 17.3 Å². The second kappa shape index (κ2) is 9.10. The van der Waals surface area contributed by atoms with Crippen molar-refractivity contribution in [2.75, 3.05) is 10.6 Å². The lowest BCUT2D eigenvalue weighted by molar-refractivity contribution is -0.111. The Hall–Kier alpha value is -3.85. The number of rotatable bonds is 7. The van der Waals surface area contributed by atoms with Gasteiger partial charge in [-0.15, -0.1) is 12.4 Å². The Labute approximate surface area is 178 Å². The molecule has 1 aromatic carbocycles. The van der Waals surface area contributed by atoms with Crippen molar-refractivity contribution in [2.45, 2.75) is 6.61 Å². The van der Waals surface area contributed by atoms with Crippen molar-refractivity contribution in [1.29, 1.82) is 0 Å². The molecule has 4 aromatic rings. The number of carbonyl (C=O) groups excluding carboxylic acids is 1. The van der Waals surface area contributed by atoms with Crippen molar-refractivity contribution >= 4 is 46.7 Å². The van der Waals surface area contributed by atoms with Gasteiger partial charge in [-0.05, 0) is 29.8 Å². The van der Waals surface area contributed by atoms with E-state index in [1.54, 1.807) is 23.1 Å². The summed E-state index contributed by atoms with van der Waals surface area (Å²) in [5.41, 5.74) is 2.99. The van der Waals surface area contributed by atoms with Crippen LogP contribution in [0.1, 0.15) is 5.56 Å². The highest BCUT2D eigenvalue weighted by molar-refractivity contribution is 5.98. The summed E-state index contributed by atoms with van der Waals surface area (Å²) in [4.78, 5) is 23.5. The maximum absolute atomic E-state index is 11.5. The third-order valence-corrected chi connectivity index (χ3v) is 4.10. The lowest BCUT2D eigenvalue weighted by atomic mass is 10.2. The molecule has 0 bridgehead atoms. The van der Waals surface area contributed by atoms with Crippen molar-refractivity contribution < 1.29 is 9.53 Å². The first-order valence-corrected chi connectivity index (χ1v) is 8.86. The summed E-state index contributed by atoms with van der Waals surface area (Å²) in [5.74, 6) is 0.581. The molecule has 10 heteroatoms. The van der Waals surface area contributed by atoms with Crippen LogP contribution in [0.2, 0.25) is 0 Å². The third-order valence-electron chi connectivity index (χ3n) is 4.10. The Balaban J connectivity index is 0.00000256. The maximum atomic E-state index is 11.5. The molecule has 3 heterocycles. The van der Waals surface area contributed by atoms with E-state index in [9.17, 15) is 4.79 Å². The van der Waals surface area contributed by atoms with Gasteiger partial charge in [0.2, 0.25) is 17.7 Å². The van der Waals surface area contributed by atoms with Crippen LogP contribution in [0.25, 0.3) is 11.0 Å². The highest BCUT2D eigenvalue weighted by Crippen LogP contribution is 2.25. The first kappa shape index (κ1) is 20.9. The van der Waals surface area contributed by atoms with E-state index < -0.39 is 0 Å². The van der Waals surface area contributed by atoms with E-state index in [0.717, 1.165) is 16.6 Å². The van der Waals surface area contributed by atoms with Gasteiger partial charge in [-0.2, -0.15) is 15.1 Å². The van der Waals surface area contributed by atoms with Gasteiger partial charge in [0, 0.05) is 25.1 Å². The topological polar surface area (TPSA) is 110 Å². The Morgan fingerprint density at radius 1 is 1.30 bits per heavy atom. The zero-order valence-electron chi connectivity index (χ0n) is 16.1. The summed E-state index contributed by atoms with van der Waals surface area (Å²) in [6.45, 7) is 3.73. The molecule has 0 atom stereocenters. The minimum Gasteiger partial charge on any atom is -0.472 e. The number of anilines is 3. The first-order chi connectivity index (χ1) is 14.1. The van der Waals surface area contributed by atoms with Crippen molar-refractivity contribution in [2.24, 2.45) is 7.05 Å². The van der Waals surface area contributed by atoms with Crippen LogP contribution in [0.3, 0.4) is 0 Å². The lowest BCUT2D eigenvalue weighted by Crippen LogP contribution is -2.08. The van der Waals surface area contributed by atoms with E-state index in [0.29, 0.717) is 23.2 Å². The number of fused-ring (bicyclic) bond motifs is 1. The number of aromatic nitrogens is 5. The molecule has 0 aliphatic heterocycles. The molecule has 0 saturated heterocycles. The number of nitrogens with zero attached hydrogens (tertiary/aromatic N) is 4. The SMILES string of the molecule is C=CC(=O)Nc1cccc(COc2nc(Nc3cnn(C)c3)nc3[nH]ccc23)c1.Cl. The van der Waals surface area contributed by atoms with Crippen LogP contribution in [0, 0.1) is 0 Å². The Morgan fingerprint density at radius 2 is 2.17 bits per heavy atom. The fraction of sp³-hybridized carbons (Fsp3) is 0.100. The maximum Gasteiger partial charge on any atom is 0.247 e. The Kier molecular flexibility index (Phi) is 6.33. The molecular formula is C20H20ClN7O2. The number of ether oxygens (including phenoxy) is 1. The van der Waals surface area contributed by atoms with Crippen LogP contribution in [0.15, 0.2) is 61.6 Å². The lowest BCUT2D eigenvalue weighted by Gasteiger charge is -2.10. The monoisotopic (exact) mass is 425 g/mol. The Bertz CT molecular complexity index is 1180. The molecule has 3 aromatic heterocycles. The summed E-state index contributed by atoms with van der Waals surface area (Å²) in [5, 5.41) is 10.8. The molecule has 0 spiro atoms. The van der Waals surface area contributed by atoms with Crippen molar-refractivity contribution in [3.05, 3.63) is 67.1 Å². The number of aryl methyl sites for hydroxylation is 1. The van der Waals surface area contributed by atoms with Crippen LogP contribution < -0.4 is 15.4 Å². The second-order valence-corrected chi connectivity index (χ2v) is 6.30. The van der Waals surface area contributed by atoms with Crippen molar-refractivity contribution in [3.63, 3.8) is 0 Å². The molecule has 0 aliphatic carbocycles. The number of halogens is 1. The molecule has 0 aliphatic rings. The van der Waals surface area contributed by atoms with Gasteiger partial charge >= 0.3 is 0 Å². The highest BCUT2D eigenvalue weighted by atomic mass is 35.5. The van der Waals surface area contributed by atoms with Gasteiger partial charge in [0.1, 0.15) is 12.3 Å². The molecule has 0 unspecified atom stereocenters. The first-order valence-electron chi connectivity index (χ1n) is 8.86. The predicted octanol–water partition coefficient (Wildman–Crippen LogP) is 3.56. The minimum absolute atomic E-state index is 0. The van der Waals surface area contributed by atoms with E-state index in [1.807, 2.05) is 37.5 Å². The van der Waals surface area contributed by atoms with E-state index in [2.05, 4.69) is 37.3 Å². The van der Waals surface area contributed by atoms with Crippen molar-refractivity contribution in [3.8, 4) is 5.88 Å². The van der Waals surface area contributed by atoms with Gasteiger partial charge in [0.25, 0.3) is 0 Å². The number of benzene rings is 1. The summed E-state index contributed by atoms with van der Waals surface area (Å²) in [7, 11) is 1.83. The molecule has 1 amide bonds. The van der Waals surface area contributed by atoms with E-state index in [-0.39, 0.29) is 24.9 Å². The number of aromatic amines is 1. The Morgan fingerprint density at radius 3 is 2.93 bits per heavy atom. The number of carbonyl (C=O) groups is 1. The fourth-order valence-electron chi connectivity index (χ4n) is 2.78. The predicted molar refractivity (Wildman–Crippen MR) is 117 cm³/mol. The zero-order valence-corrected chi connectivity index (χ0v) is 16.9. The third kappa shape index (κ3) is 4.76. The summed E-state index contributed by atoms with van der Waals surface area (Å²) < 4.78 is 7.65. The molecule has 9 nitrogen and oxygen atoms in total. The zero-order chi connectivity index (χ0) is 20.2. The van der Waals surface area contributed by atoms with Crippen molar-refractivity contribution in [1.82, 2.24) is 24.7 Å². The number of hydrogen-bond acceptors (Lipinski definition) is 6. The summed E-state index contributed by atoms with van der Waals surface area (Å²) in [6, 6.07) is 9.26. The minimum atomic E-state index is -0.265. The van der Waals surface area contributed by atoms with Crippen LogP contribution >= 0.6 is 12.4 Å². The quantitative estimate of drug-likeness (QED) is 0.390. The standard InChI is InChI=1S/C20H19N7O2.ClH/c1-3-17(28)23-14-6-4-5-13(9-14)12-29-19-16-7-8-21-18(16)25-20(26-19)24-15-10-22-27(2)11-15;/h3-11H,1,12H2,2H3,(H,23,28)(H2,21,24,25,26);1H. The van der Waals surface area contributed by atoms with Gasteiger partial charge in [-0.1, -0.05) is 18.7 Å². The molecule has 0 saturated carbocycles. The largest absolute Gasteiger partial charge is 0.472 e. The number of amides is 1. The smallest absolute Gasteiger partial charge is 0.247 e. The van der Waals surface area contributed by atoms with Gasteiger partial charge in [0.05, 0.1) is 17.3 Å². The van der Waals surface area contributed by atoms with E-state index in [1.165, 1.54) is 6.08 Å². The molecule has 0 radical (unpaired) electrons. The molecule has 154 valence electrons. The fourth-order valence-corrected chi connectivity index (χ4v) is 2.78. The van der Waals surface area contributed by atoms with Crippen LogP contribution in [-0.2, 0) is 18.4 Å². The van der Waals surface area contributed by atoms with Crippen LogP contribution in [0.5, 0.6) is 5.88 Å². The van der Waals surface area contributed by atoms with Gasteiger partial charge in [0.15, 0.2) is 0 Å². The van der Waals surface area contributed by atoms with Gasteiger partial charge < -0.3 is 20.4 Å². The van der Waals surface area contributed by atoms with Gasteiger partial charge in [-0.3, -0.25) is 9.48 Å². The molecule has 3 N–H and O–H groups in total. The molecular weight excluding hydrogens is 406 g/mol. The van der Waals surface area contributed by atoms with E-state index >= 15 is 0 Å². The summed E-state index contributed by atoms with van der Waals surface area (Å²) in [6.07, 6.45) is 6.52. The summed E-state index contributed by atoms with van der Waals surface area (Å²) >= 11 is 0. The van der Waals surface area contributed by atoms with Gasteiger partial charge in [-0.25, -0.2) is 0 Å². The van der Waals surface area contributed by atoms with E-state index in [4.69, 9.17) is 4.74 Å².